The van der Waals surface area contributed by atoms with Crippen LogP contribution >= 0.6 is 11.6 Å². The van der Waals surface area contributed by atoms with Crippen LogP contribution < -0.4 is 5.73 Å². The quantitative estimate of drug-likeness (QED) is 0.813. The van der Waals surface area contributed by atoms with Crippen molar-refractivity contribution in [1.82, 2.24) is 0 Å². The molecule has 2 N–H and O–H groups in total. The van der Waals surface area contributed by atoms with Gasteiger partial charge in [0.1, 0.15) is 5.82 Å². The van der Waals surface area contributed by atoms with Crippen molar-refractivity contribution < 1.29 is 17.6 Å². The van der Waals surface area contributed by atoms with Crippen LogP contribution in [0.1, 0.15) is 22.7 Å². The molecule has 0 aliphatic rings. The van der Waals surface area contributed by atoms with Crippen molar-refractivity contribution in [2.75, 3.05) is 0 Å². The van der Waals surface area contributed by atoms with Gasteiger partial charge in [0.2, 0.25) is 0 Å². The van der Waals surface area contributed by atoms with Gasteiger partial charge in [-0.2, -0.15) is 13.2 Å². The van der Waals surface area contributed by atoms with Crippen molar-refractivity contribution in [3.05, 3.63) is 70.0 Å². The number of hydrogen-bond donors (Lipinski definition) is 1. The lowest BCUT2D eigenvalue weighted by molar-refractivity contribution is -0.138. The normalized spacial score (nSPS) is 13.2. The van der Waals surface area contributed by atoms with E-state index in [0.717, 1.165) is 6.07 Å². The second-order valence-corrected chi connectivity index (χ2v) is 5.05. The Balaban J connectivity index is 2.28. The fraction of sp³-hybridized carbons (Fsp3) is 0.200. The Kier molecular flexibility index (Phi) is 4.54. The zero-order chi connectivity index (χ0) is 15.6. The van der Waals surface area contributed by atoms with Gasteiger partial charge in [0.15, 0.2) is 0 Å². The number of halogens is 5. The van der Waals surface area contributed by atoms with E-state index in [1.54, 1.807) is 0 Å². The number of hydrogen-bond acceptors (Lipinski definition) is 1. The monoisotopic (exact) mass is 317 g/mol. The van der Waals surface area contributed by atoms with Gasteiger partial charge in [-0.1, -0.05) is 35.9 Å². The molecule has 0 bridgehead atoms. The van der Waals surface area contributed by atoms with Gasteiger partial charge in [-0.15, -0.1) is 0 Å². The lowest BCUT2D eigenvalue weighted by atomic mass is 9.95. The predicted molar refractivity (Wildman–Crippen MR) is 73.5 cm³/mol. The van der Waals surface area contributed by atoms with E-state index in [4.69, 9.17) is 17.3 Å². The summed E-state index contributed by atoms with van der Waals surface area (Å²) in [5, 5.41) is -0.0798. The Bertz CT molecular complexity index is 640. The maximum absolute atomic E-state index is 13.1. The minimum absolute atomic E-state index is 0.00504. The SMILES string of the molecule is NC(Cc1ccc(F)c(Cl)c1)c1ccccc1C(F)(F)F. The minimum atomic E-state index is -4.46. The van der Waals surface area contributed by atoms with Crippen molar-refractivity contribution in [2.45, 2.75) is 18.6 Å². The molecule has 1 nitrogen and oxygen atoms in total. The molecule has 0 fully saturated rings. The Hall–Kier alpha value is -1.59. The lowest BCUT2D eigenvalue weighted by Gasteiger charge is -2.18. The topological polar surface area (TPSA) is 26.0 Å². The summed E-state index contributed by atoms with van der Waals surface area (Å²) < 4.78 is 51.9. The van der Waals surface area contributed by atoms with Gasteiger partial charge in [0.05, 0.1) is 10.6 Å². The molecule has 0 heterocycles. The molecule has 0 radical (unpaired) electrons. The first-order valence-corrected chi connectivity index (χ1v) is 6.52. The molecule has 1 unspecified atom stereocenters. The molecule has 0 saturated carbocycles. The smallest absolute Gasteiger partial charge is 0.324 e. The van der Waals surface area contributed by atoms with Gasteiger partial charge in [-0.25, -0.2) is 4.39 Å². The lowest BCUT2D eigenvalue weighted by Crippen LogP contribution is -2.19. The van der Waals surface area contributed by atoms with Crippen LogP contribution in [-0.2, 0) is 12.6 Å². The largest absolute Gasteiger partial charge is 0.416 e. The molecular weight excluding hydrogens is 306 g/mol. The van der Waals surface area contributed by atoms with E-state index in [0.29, 0.717) is 5.56 Å². The first-order chi connectivity index (χ1) is 9.79. The number of alkyl halides is 3. The molecule has 2 aromatic carbocycles. The summed E-state index contributed by atoms with van der Waals surface area (Å²) in [5.41, 5.74) is 5.70. The predicted octanol–water partition coefficient (Wildman–Crippen LogP) is 4.74. The van der Waals surface area contributed by atoms with Crippen LogP contribution in [0, 0.1) is 5.82 Å². The van der Waals surface area contributed by atoms with Gasteiger partial charge in [-0.05, 0) is 35.7 Å². The molecule has 0 amide bonds. The summed E-state index contributed by atoms with van der Waals surface area (Å²) in [5.74, 6) is -0.579. The van der Waals surface area contributed by atoms with Crippen molar-refractivity contribution in [3.63, 3.8) is 0 Å². The van der Waals surface area contributed by atoms with Crippen molar-refractivity contribution >= 4 is 11.6 Å². The van der Waals surface area contributed by atoms with E-state index in [1.807, 2.05) is 0 Å². The zero-order valence-electron chi connectivity index (χ0n) is 10.8. The van der Waals surface area contributed by atoms with E-state index >= 15 is 0 Å². The Labute approximate surface area is 124 Å². The number of rotatable bonds is 3. The summed E-state index contributed by atoms with van der Waals surface area (Å²) in [6, 6.07) is 8.29. The summed E-state index contributed by atoms with van der Waals surface area (Å²) >= 11 is 5.65. The summed E-state index contributed by atoms with van der Waals surface area (Å²) in [6.07, 6.45) is -4.33. The Morgan fingerprint density at radius 2 is 1.76 bits per heavy atom. The average Bonchev–Trinajstić information content (AvgIpc) is 2.42. The third kappa shape index (κ3) is 3.74. The highest BCUT2D eigenvalue weighted by molar-refractivity contribution is 6.30. The molecule has 1 atom stereocenters. The summed E-state index contributed by atoms with van der Waals surface area (Å²) in [6.45, 7) is 0. The van der Waals surface area contributed by atoms with E-state index in [2.05, 4.69) is 0 Å². The highest BCUT2D eigenvalue weighted by Gasteiger charge is 2.34. The van der Waals surface area contributed by atoms with Crippen LogP contribution in [0.4, 0.5) is 17.6 Å². The van der Waals surface area contributed by atoms with Crippen molar-refractivity contribution in [1.29, 1.82) is 0 Å². The van der Waals surface area contributed by atoms with Gasteiger partial charge >= 0.3 is 6.18 Å². The molecule has 0 spiro atoms. The maximum Gasteiger partial charge on any atom is 0.416 e. The molecule has 2 rings (SSSR count). The van der Waals surface area contributed by atoms with Crippen LogP contribution in [-0.4, -0.2) is 0 Å². The van der Waals surface area contributed by atoms with Crippen molar-refractivity contribution in [2.24, 2.45) is 5.73 Å². The Morgan fingerprint density at radius 3 is 2.38 bits per heavy atom. The van der Waals surface area contributed by atoms with E-state index in [1.165, 1.54) is 36.4 Å². The van der Waals surface area contributed by atoms with Crippen LogP contribution in [0.25, 0.3) is 0 Å². The minimum Gasteiger partial charge on any atom is -0.324 e. The maximum atomic E-state index is 13.1. The highest BCUT2D eigenvalue weighted by atomic mass is 35.5. The molecule has 112 valence electrons. The molecular formula is C15H12ClF4N. The molecule has 0 aliphatic carbocycles. The highest BCUT2D eigenvalue weighted by Crippen LogP contribution is 2.34. The molecule has 0 aromatic heterocycles. The van der Waals surface area contributed by atoms with Gasteiger partial charge in [0.25, 0.3) is 0 Å². The van der Waals surface area contributed by atoms with Crippen LogP contribution in [0.2, 0.25) is 5.02 Å². The standard InChI is InChI=1S/C15H12ClF4N/c16-12-7-9(5-6-13(12)17)8-14(21)10-3-1-2-4-11(10)15(18,19)20/h1-7,14H,8,21H2. The van der Waals surface area contributed by atoms with E-state index in [-0.39, 0.29) is 17.0 Å². The summed E-state index contributed by atoms with van der Waals surface area (Å²) in [7, 11) is 0. The number of benzene rings is 2. The third-order valence-electron chi connectivity index (χ3n) is 3.11. The number of nitrogens with two attached hydrogens (primary N) is 1. The fourth-order valence-electron chi connectivity index (χ4n) is 2.11. The van der Waals surface area contributed by atoms with Crippen molar-refractivity contribution in [3.8, 4) is 0 Å². The van der Waals surface area contributed by atoms with Gasteiger partial charge in [-0.3, -0.25) is 0 Å². The molecule has 0 aliphatic heterocycles. The Morgan fingerprint density at radius 1 is 1.10 bits per heavy atom. The molecule has 0 saturated heterocycles. The van der Waals surface area contributed by atoms with Crippen LogP contribution in [0.3, 0.4) is 0 Å². The first-order valence-electron chi connectivity index (χ1n) is 6.14. The van der Waals surface area contributed by atoms with Crippen LogP contribution in [0.5, 0.6) is 0 Å². The van der Waals surface area contributed by atoms with Gasteiger partial charge < -0.3 is 5.73 Å². The average molecular weight is 318 g/mol. The second kappa shape index (κ2) is 6.03. The summed E-state index contributed by atoms with van der Waals surface area (Å²) in [4.78, 5) is 0. The molecule has 2 aromatic rings. The third-order valence-corrected chi connectivity index (χ3v) is 3.39. The molecule has 21 heavy (non-hydrogen) atoms. The first kappa shape index (κ1) is 15.8. The second-order valence-electron chi connectivity index (χ2n) is 4.64. The van der Waals surface area contributed by atoms with Crippen LogP contribution in [0.15, 0.2) is 42.5 Å². The zero-order valence-corrected chi connectivity index (χ0v) is 11.5. The fourth-order valence-corrected chi connectivity index (χ4v) is 2.31. The van der Waals surface area contributed by atoms with Gasteiger partial charge in [0, 0.05) is 6.04 Å². The van der Waals surface area contributed by atoms with E-state index < -0.39 is 23.6 Å². The molecule has 6 heteroatoms. The van der Waals surface area contributed by atoms with E-state index in [9.17, 15) is 17.6 Å².